The van der Waals surface area contributed by atoms with Crippen molar-refractivity contribution in [2.45, 2.75) is 6.54 Å². The second kappa shape index (κ2) is 6.63. The summed E-state index contributed by atoms with van der Waals surface area (Å²) in [5, 5.41) is 19.3. The van der Waals surface area contributed by atoms with E-state index in [1.165, 1.54) is 11.3 Å². The van der Waals surface area contributed by atoms with Gasteiger partial charge in [0.15, 0.2) is 5.01 Å². The van der Waals surface area contributed by atoms with Crippen LogP contribution in [0.15, 0.2) is 45.9 Å². The van der Waals surface area contributed by atoms with Crippen molar-refractivity contribution >= 4 is 39.9 Å². The molecule has 0 unspecified atom stereocenters. The van der Waals surface area contributed by atoms with E-state index in [1.807, 2.05) is 39.7 Å². The molecule has 1 N–H and O–H groups in total. The van der Waals surface area contributed by atoms with E-state index in [0.29, 0.717) is 17.2 Å². The van der Waals surface area contributed by atoms with Gasteiger partial charge in [-0.15, -0.1) is 27.8 Å². The number of nitrogens with one attached hydrogen (secondary N) is 1. The Morgan fingerprint density at radius 1 is 1.21 bits per heavy atom. The molecule has 1 amide bonds. The van der Waals surface area contributed by atoms with Gasteiger partial charge in [0.1, 0.15) is 5.69 Å². The number of amides is 1. The molecule has 6 nitrogen and oxygen atoms in total. The van der Waals surface area contributed by atoms with Gasteiger partial charge in [0.05, 0.1) is 29.0 Å². The first-order valence-corrected chi connectivity index (χ1v) is 9.71. The highest BCUT2D eigenvalue weighted by molar-refractivity contribution is 7.15. The van der Waals surface area contributed by atoms with E-state index in [2.05, 4.69) is 20.6 Å². The van der Waals surface area contributed by atoms with Crippen LogP contribution in [-0.2, 0) is 6.54 Å². The normalized spacial score (nSPS) is 10.8. The number of nitrogens with zero attached hydrogens (tertiary/aromatic N) is 4. The average Bonchev–Trinajstić information content (AvgIpc) is 3.40. The Morgan fingerprint density at radius 2 is 2.17 bits per heavy atom. The zero-order chi connectivity index (χ0) is 16.4. The summed E-state index contributed by atoms with van der Waals surface area (Å²) in [5.41, 5.74) is 2.50. The molecule has 0 spiro atoms. The molecule has 4 rings (SSSR count). The standard InChI is InChI=1S/C15H11N5OS3/c21-14(15-17-12(9-24-15)13-2-1-4-23-13)16-6-10-7-20(19-18-10)11-3-5-22-8-11/h1-5,7-9H,6H2,(H,16,21). The topological polar surface area (TPSA) is 72.7 Å². The average molecular weight is 373 g/mol. The summed E-state index contributed by atoms with van der Waals surface area (Å²) >= 11 is 4.54. The first-order chi connectivity index (χ1) is 11.8. The van der Waals surface area contributed by atoms with E-state index in [9.17, 15) is 4.79 Å². The molecule has 4 aromatic heterocycles. The third kappa shape index (κ3) is 3.14. The van der Waals surface area contributed by atoms with Crippen LogP contribution in [0.5, 0.6) is 0 Å². The minimum absolute atomic E-state index is 0.201. The number of aromatic nitrogens is 4. The Hall–Kier alpha value is -2.36. The third-order valence-corrected chi connectivity index (χ3v) is 5.62. The highest BCUT2D eigenvalue weighted by atomic mass is 32.1. The molecule has 120 valence electrons. The van der Waals surface area contributed by atoms with E-state index in [-0.39, 0.29) is 5.91 Å². The fraction of sp³-hybridized carbons (Fsp3) is 0.0667. The molecule has 0 aliphatic heterocycles. The van der Waals surface area contributed by atoms with Crippen molar-refractivity contribution in [3.05, 3.63) is 56.6 Å². The van der Waals surface area contributed by atoms with Gasteiger partial charge >= 0.3 is 0 Å². The first kappa shape index (κ1) is 15.2. The van der Waals surface area contributed by atoms with E-state index in [1.54, 1.807) is 33.6 Å². The second-order valence-electron chi connectivity index (χ2n) is 4.83. The molecule has 0 fully saturated rings. The van der Waals surface area contributed by atoms with Gasteiger partial charge in [-0.25, -0.2) is 9.67 Å². The molecule has 0 saturated heterocycles. The fourth-order valence-electron chi connectivity index (χ4n) is 2.06. The quantitative estimate of drug-likeness (QED) is 0.582. The van der Waals surface area contributed by atoms with Crippen LogP contribution in [0.4, 0.5) is 0 Å². The molecular formula is C15H11N5OS3. The van der Waals surface area contributed by atoms with Gasteiger partial charge < -0.3 is 5.32 Å². The highest BCUT2D eigenvalue weighted by Crippen LogP contribution is 2.26. The smallest absolute Gasteiger partial charge is 0.280 e. The number of hydrogen-bond donors (Lipinski definition) is 1. The maximum Gasteiger partial charge on any atom is 0.280 e. The van der Waals surface area contributed by atoms with Gasteiger partial charge in [-0.3, -0.25) is 4.79 Å². The predicted molar refractivity (Wildman–Crippen MR) is 95.8 cm³/mol. The van der Waals surface area contributed by atoms with Gasteiger partial charge in [0.2, 0.25) is 0 Å². The summed E-state index contributed by atoms with van der Waals surface area (Å²) < 4.78 is 1.69. The summed E-state index contributed by atoms with van der Waals surface area (Å²) in [7, 11) is 0. The lowest BCUT2D eigenvalue weighted by Gasteiger charge is -1.99. The fourth-order valence-corrected chi connectivity index (χ4v) is 4.17. The van der Waals surface area contributed by atoms with Crippen LogP contribution >= 0.6 is 34.0 Å². The molecule has 0 aromatic carbocycles. The van der Waals surface area contributed by atoms with Crippen molar-refractivity contribution in [2.24, 2.45) is 0 Å². The van der Waals surface area contributed by atoms with E-state index in [4.69, 9.17) is 0 Å². The monoisotopic (exact) mass is 373 g/mol. The number of thiazole rings is 1. The first-order valence-electron chi connectivity index (χ1n) is 7.01. The molecule has 24 heavy (non-hydrogen) atoms. The van der Waals surface area contributed by atoms with Crippen molar-refractivity contribution in [1.29, 1.82) is 0 Å². The summed E-state index contributed by atoms with van der Waals surface area (Å²) in [4.78, 5) is 17.7. The summed E-state index contributed by atoms with van der Waals surface area (Å²) in [6.45, 7) is 0.316. The number of hydrogen-bond acceptors (Lipinski definition) is 7. The van der Waals surface area contributed by atoms with Gasteiger partial charge in [-0.05, 0) is 22.9 Å². The van der Waals surface area contributed by atoms with E-state index in [0.717, 1.165) is 16.3 Å². The lowest BCUT2D eigenvalue weighted by Crippen LogP contribution is -2.22. The summed E-state index contributed by atoms with van der Waals surface area (Å²) in [6.07, 6.45) is 1.81. The van der Waals surface area contributed by atoms with Crippen LogP contribution in [0.2, 0.25) is 0 Å². The molecule has 0 atom stereocenters. The van der Waals surface area contributed by atoms with Crippen molar-refractivity contribution in [3.8, 4) is 16.3 Å². The minimum Gasteiger partial charge on any atom is -0.344 e. The van der Waals surface area contributed by atoms with Crippen molar-refractivity contribution < 1.29 is 4.79 Å². The molecule has 0 aliphatic rings. The Kier molecular flexibility index (Phi) is 4.20. The lowest BCUT2D eigenvalue weighted by atomic mass is 10.4. The van der Waals surface area contributed by atoms with Crippen LogP contribution in [0, 0.1) is 0 Å². The maximum absolute atomic E-state index is 12.2. The van der Waals surface area contributed by atoms with Crippen LogP contribution < -0.4 is 5.32 Å². The molecular weight excluding hydrogens is 362 g/mol. The zero-order valence-electron chi connectivity index (χ0n) is 12.2. The maximum atomic E-state index is 12.2. The SMILES string of the molecule is O=C(NCc1cn(-c2ccsc2)nn1)c1nc(-c2cccs2)cs1. The van der Waals surface area contributed by atoms with Crippen LogP contribution in [0.3, 0.4) is 0 Å². The van der Waals surface area contributed by atoms with Gasteiger partial charge in [0.25, 0.3) is 5.91 Å². The molecule has 0 aliphatic carbocycles. The molecule has 4 aromatic rings. The van der Waals surface area contributed by atoms with Crippen molar-refractivity contribution in [3.63, 3.8) is 0 Å². The van der Waals surface area contributed by atoms with Gasteiger partial charge in [-0.1, -0.05) is 11.3 Å². The Labute approximate surface area is 149 Å². The number of carbonyl (C=O) groups excluding carboxylic acids is 1. The second-order valence-corrected chi connectivity index (χ2v) is 7.42. The van der Waals surface area contributed by atoms with Crippen molar-refractivity contribution in [1.82, 2.24) is 25.3 Å². The Bertz CT molecular complexity index is 940. The third-order valence-electron chi connectivity index (χ3n) is 3.21. The predicted octanol–water partition coefficient (Wildman–Crippen LogP) is 3.44. The molecule has 0 saturated carbocycles. The van der Waals surface area contributed by atoms with Crippen molar-refractivity contribution in [2.75, 3.05) is 0 Å². The van der Waals surface area contributed by atoms with Gasteiger partial charge in [0, 0.05) is 10.8 Å². The highest BCUT2D eigenvalue weighted by Gasteiger charge is 2.13. The summed E-state index contributed by atoms with van der Waals surface area (Å²) in [5.74, 6) is -0.201. The molecule has 0 bridgehead atoms. The Morgan fingerprint density at radius 3 is 2.96 bits per heavy atom. The van der Waals surface area contributed by atoms with Crippen LogP contribution in [-0.4, -0.2) is 25.9 Å². The minimum atomic E-state index is -0.201. The molecule has 9 heteroatoms. The van der Waals surface area contributed by atoms with Gasteiger partial charge in [-0.2, -0.15) is 11.3 Å². The van der Waals surface area contributed by atoms with E-state index >= 15 is 0 Å². The molecule has 4 heterocycles. The summed E-state index contributed by atoms with van der Waals surface area (Å²) in [6, 6.07) is 5.92. The number of carbonyl (C=O) groups is 1. The largest absolute Gasteiger partial charge is 0.344 e. The van der Waals surface area contributed by atoms with Crippen LogP contribution in [0.1, 0.15) is 15.5 Å². The van der Waals surface area contributed by atoms with E-state index < -0.39 is 0 Å². The lowest BCUT2D eigenvalue weighted by molar-refractivity contribution is 0.0950. The van der Waals surface area contributed by atoms with Crippen LogP contribution in [0.25, 0.3) is 16.3 Å². The Balaban J connectivity index is 1.40. The number of thiophene rings is 2. The zero-order valence-corrected chi connectivity index (χ0v) is 14.7. The molecule has 0 radical (unpaired) electrons. The number of rotatable bonds is 5.